The molecular formula is C26H30N2O4S2. The highest BCUT2D eigenvalue weighted by atomic mass is 32.2. The Morgan fingerprint density at radius 3 is 2.24 bits per heavy atom. The lowest BCUT2D eigenvalue weighted by Gasteiger charge is -2.27. The zero-order valence-corrected chi connectivity index (χ0v) is 21.2. The molecule has 180 valence electrons. The summed E-state index contributed by atoms with van der Waals surface area (Å²) in [5, 5.41) is 2.99. The van der Waals surface area contributed by atoms with Gasteiger partial charge >= 0.3 is 0 Å². The fourth-order valence-electron chi connectivity index (χ4n) is 3.59. The van der Waals surface area contributed by atoms with Gasteiger partial charge in [-0.3, -0.25) is 9.10 Å². The van der Waals surface area contributed by atoms with Crippen LogP contribution in [0.2, 0.25) is 0 Å². The number of anilines is 1. The molecule has 8 heteroatoms. The monoisotopic (exact) mass is 498 g/mol. The van der Waals surface area contributed by atoms with Gasteiger partial charge in [0, 0.05) is 4.90 Å². The first-order valence-electron chi connectivity index (χ1n) is 11.1. The first-order valence-corrected chi connectivity index (χ1v) is 13.8. The number of carbonyl (C=O) groups excluding carboxylic acids is 1. The molecule has 1 N–H and O–H groups in total. The number of nitrogens with one attached hydrogen (secondary N) is 1. The van der Waals surface area contributed by atoms with E-state index in [0.29, 0.717) is 24.5 Å². The standard InChI is InChI=1S/C26H30N2O4S2/c1-4-23(20-11-7-6-8-12-20)27-26(29)19-28(24-13-9-10-14-25(24)32-5-2)34(30,31)22-17-15-21(33-3)16-18-22/h6-18,23H,4-5,19H2,1-3H3,(H,27,29)/t23-/m1/s1. The third-order valence-corrected chi connectivity index (χ3v) is 7.83. The summed E-state index contributed by atoms with van der Waals surface area (Å²) < 4.78 is 34.3. The highest BCUT2D eigenvalue weighted by molar-refractivity contribution is 7.98. The zero-order chi connectivity index (χ0) is 24.6. The summed E-state index contributed by atoms with van der Waals surface area (Å²) in [6, 6.07) is 22.9. The molecule has 3 rings (SSSR count). The quantitative estimate of drug-likeness (QED) is 0.365. The van der Waals surface area contributed by atoms with Gasteiger partial charge in [-0.2, -0.15) is 0 Å². The van der Waals surface area contributed by atoms with Crippen LogP contribution in [0.25, 0.3) is 0 Å². The number of hydrogen-bond donors (Lipinski definition) is 1. The normalized spacial score (nSPS) is 12.1. The zero-order valence-electron chi connectivity index (χ0n) is 19.6. The van der Waals surface area contributed by atoms with Crippen molar-refractivity contribution in [3.05, 3.63) is 84.4 Å². The van der Waals surface area contributed by atoms with Crippen molar-refractivity contribution in [2.24, 2.45) is 0 Å². The molecule has 3 aromatic carbocycles. The molecule has 0 fully saturated rings. The number of benzene rings is 3. The van der Waals surface area contributed by atoms with E-state index in [1.807, 2.05) is 50.4 Å². The number of amides is 1. The van der Waals surface area contributed by atoms with Crippen molar-refractivity contribution in [2.75, 3.05) is 23.7 Å². The first-order chi connectivity index (χ1) is 16.4. The van der Waals surface area contributed by atoms with Crippen LogP contribution in [0.3, 0.4) is 0 Å². The van der Waals surface area contributed by atoms with Crippen LogP contribution >= 0.6 is 11.8 Å². The molecule has 0 aliphatic rings. The number of thioether (sulfide) groups is 1. The van der Waals surface area contributed by atoms with Crippen LogP contribution in [0, 0.1) is 0 Å². The van der Waals surface area contributed by atoms with Gasteiger partial charge in [0.1, 0.15) is 12.3 Å². The van der Waals surface area contributed by atoms with E-state index in [0.717, 1.165) is 14.8 Å². The smallest absolute Gasteiger partial charge is 0.264 e. The van der Waals surface area contributed by atoms with Gasteiger partial charge in [-0.15, -0.1) is 11.8 Å². The second-order valence-corrected chi connectivity index (χ2v) is 10.3. The van der Waals surface area contributed by atoms with Gasteiger partial charge in [-0.1, -0.05) is 49.4 Å². The van der Waals surface area contributed by atoms with Crippen molar-refractivity contribution >= 4 is 33.4 Å². The number of ether oxygens (including phenoxy) is 1. The molecular weight excluding hydrogens is 468 g/mol. The summed E-state index contributed by atoms with van der Waals surface area (Å²) in [6.45, 7) is 3.80. The first kappa shape index (κ1) is 25.6. The topological polar surface area (TPSA) is 75.7 Å². The second-order valence-electron chi connectivity index (χ2n) is 7.53. The Labute approximate surface area is 206 Å². The molecule has 0 aliphatic carbocycles. The Balaban J connectivity index is 1.97. The molecule has 0 unspecified atom stereocenters. The molecule has 1 amide bonds. The molecule has 0 bridgehead atoms. The highest BCUT2D eigenvalue weighted by Crippen LogP contribution is 2.33. The highest BCUT2D eigenvalue weighted by Gasteiger charge is 2.30. The molecule has 1 atom stereocenters. The van der Waals surface area contributed by atoms with Crippen LogP contribution in [0.1, 0.15) is 31.9 Å². The molecule has 0 aliphatic heterocycles. The van der Waals surface area contributed by atoms with Gasteiger partial charge in [0.05, 0.1) is 23.2 Å². The van der Waals surface area contributed by atoms with Gasteiger partial charge < -0.3 is 10.1 Å². The second kappa shape index (κ2) is 11.9. The van der Waals surface area contributed by atoms with Crippen molar-refractivity contribution in [1.82, 2.24) is 5.32 Å². The van der Waals surface area contributed by atoms with E-state index < -0.39 is 15.9 Å². The van der Waals surface area contributed by atoms with E-state index >= 15 is 0 Å². The van der Waals surface area contributed by atoms with Crippen molar-refractivity contribution in [3.8, 4) is 5.75 Å². The Kier molecular flexibility index (Phi) is 9.01. The Bertz CT molecular complexity index is 1180. The molecule has 0 radical (unpaired) electrons. The van der Waals surface area contributed by atoms with E-state index in [2.05, 4.69) is 5.32 Å². The van der Waals surface area contributed by atoms with Gasteiger partial charge in [0.15, 0.2) is 0 Å². The van der Waals surface area contributed by atoms with E-state index in [-0.39, 0.29) is 17.5 Å². The van der Waals surface area contributed by atoms with Crippen molar-refractivity contribution in [1.29, 1.82) is 0 Å². The fourth-order valence-corrected chi connectivity index (χ4v) is 5.43. The predicted octanol–water partition coefficient (Wildman–Crippen LogP) is 5.27. The van der Waals surface area contributed by atoms with Gasteiger partial charge in [0.2, 0.25) is 5.91 Å². The third-order valence-electron chi connectivity index (χ3n) is 5.31. The van der Waals surface area contributed by atoms with Crippen LogP contribution in [0.15, 0.2) is 88.7 Å². The summed E-state index contributed by atoms with van der Waals surface area (Å²) >= 11 is 1.53. The summed E-state index contributed by atoms with van der Waals surface area (Å²) in [5.41, 5.74) is 1.29. The molecule has 6 nitrogen and oxygen atoms in total. The maximum Gasteiger partial charge on any atom is 0.264 e. The SMILES string of the molecule is CCOc1ccccc1N(CC(=O)N[C@H](CC)c1ccccc1)S(=O)(=O)c1ccc(SC)cc1. The van der Waals surface area contributed by atoms with E-state index in [1.165, 1.54) is 11.8 Å². The van der Waals surface area contributed by atoms with Crippen LogP contribution in [0.4, 0.5) is 5.69 Å². The molecule has 0 spiro atoms. The molecule has 3 aromatic rings. The predicted molar refractivity (Wildman–Crippen MR) is 138 cm³/mol. The Morgan fingerprint density at radius 2 is 1.62 bits per heavy atom. The lowest BCUT2D eigenvalue weighted by molar-refractivity contribution is -0.120. The molecule has 0 saturated carbocycles. The number of carbonyl (C=O) groups is 1. The average molecular weight is 499 g/mol. The maximum absolute atomic E-state index is 13.7. The minimum absolute atomic E-state index is 0.111. The van der Waals surface area contributed by atoms with Gasteiger partial charge in [0.25, 0.3) is 10.0 Å². The van der Waals surface area contributed by atoms with Crippen LogP contribution in [-0.2, 0) is 14.8 Å². The van der Waals surface area contributed by atoms with Gasteiger partial charge in [-0.25, -0.2) is 8.42 Å². The van der Waals surface area contributed by atoms with Gasteiger partial charge in [-0.05, 0) is 61.6 Å². The minimum atomic E-state index is -4.04. The van der Waals surface area contributed by atoms with Crippen LogP contribution < -0.4 is 14.4 Å². The van der Waals surface area contributed by atoms with Crippen molar-refractivity contribution in [2.45, 2.75) is 36.1 Å². The number of sulfonamides is 1. The minimum Gasteiger partial charge on any atom is -0.492 e. The third kappa shape index (κ3) is 6.12. The summed E-state index contributed by atoms with van der Waals surface area (Å²) in [5.74, 6) is 0.00326. The average Bonchev–Trinajstić information content (AvgIpc) is 2.87. The Morgan fingerprint density at radius 1 is 0.971 bits per heavy atom. The number of rotatable bonds is 11. The van der Waals surface area contributed by atoms with Crippen molar-refractivity contribution in [3.63, 3.8) is 0 Å². The lowest BCUT2D eigenvalue weighted by Crippen LogP contribution is -2.42. The molecule has 0 heterocycles. The molecule has 34 heavy (non-hydrogen) atoms. The van der Waals surface area contributed by atoms with E-state index in [9.17, 15) is 13.2 Å². The number of para-hydroxylation sites is 2. The number of hydrogen-bond acceptors (Lipinski definition) is 5. The lowest BCUT2D eigenvalue weighted by atomic mass is 10.0. The van der Waals surface area contributed by atoms with Crippen LogP contribution in [-0.4, -0.2) is 33.7 Å². The summed E-state index contributed by atoms with van der Waals surface area (Å²) in [6.07, 6.45) is 2.60. The summed E-state index contributed by atoms with van der Waals surface area (Å²) in [4.78, 5) is 14.2. The maximum atomic E-state index is 13.7. The molecule has 0 saturated heterocycles. The molecule has 0 aromatic heterocycles. The van der Waals surface area contributed by atoms with E-state index in [1.54, 1.807) is 48.5 Å². The van der Waals surface area contributed by atoms with Crippen LogP contribution in [0.5, 0.6) is 5.75 Å². The van der Waals surface area contributed by atoms with Crippen molar-refractivity contribution < 1.29 is 17.9 Å². The Hall–Kier alpha value is -2.97. The fraction of sp³-hybridized carbons (Fsp3) is 0.269. The largest absolute Gasteiger partial charge is 0.492 e. The summed E-state index contributed by atoms with van der Waals surface area (Å²) in [7, 11) is -4.04. The van der Waals surface area contributed by atoms with E-state index in [4.69, 9.17) is 4.74 Å². The number of nitrogens with zero attached hydrogens (tertiary/aromatic N) is 1.